The Morgan fingerprint density at radius 2 is 1.66 bits per heavy atom. The summed E-state index contributed by atoms with van der Waals surface area (Å²) in [6.07, 6.45) is 3.03. The maximum atomic E-state index is 12.7. The van der Waals surface area contributed by atoms with Crippen LogP contribution in [0, 0.1) is 5.41 Å². The number of esters is 2. The SMILES string of the molecule is CCC(=O)O[C@H]1C(=CC(=O)OC)C[C@@H](C[C@@H](OCc2ccc(OC)cc2)[C@@H](C)OCc2ccccc2)O[C@@]1(OC)C(C)(C)C=CC=O. The lowest BCUT2D eigenvalue weighted by Crippen LogP contribution is -2.63. The van der Waals surface area contributed by atoms with E-state index in [0.717, 1.165) is 16.9 Å². The third-order valence-corrected chi connectivity index (χ3v) is 8.32. The van der Waals surface area contributed by atoms with Crippen molar-refractivity contribution in [1.29, 1.82) is 0 Å². The van der Waals surface area contributed by atoms with Crippen molar-refractivity contribution in [2.45, 2.75) is 90.4 Å². The van der Waals surface area contributed by atoms with E-state index in [0.29, 0.717) is 31.5 Å². The van der Waals surface area contributed by atoms with Gasteiger partial charge in [-0.05, 0) is 48.3 Å². The van der Waals surface area contributed by atoms with Gasteiger partial charge in [0.05, 0.1) is 45.7 Å². The predicted octanol–water partition coefficient (Wildman–Crippen LogP) is 5.91. The van der Waals surface area contributed by atoms with Gasteiger partial charge in [0.2, 0.25) is 5.79 Å². The average Bonchev–Trinajstić information content (AvgIpc) is 3.09. The normalized spacial score (nSPS) is 22.1. The third kappa shape index (κ3) is 10.1. The van der Waals surface area contributed by atoms with Crippen molar-refractivity contribution in [3.63, 3.8) is 0 Å². The molecule has 10 nitrogen and oxygen atoms in total. The van der Waals surface area contributed by atoms with E-state index >= 15 is 0 Å². The Morgan fingerprint density at radius 1 is 1.00 bits per heavy atom. The van der Waals surface area contributed by atoms with E-state index in [1.165, 1.54) is 26.4 Å². The van der Waals surface area contributed by atoms with Crippen molar-refractivity contribution in [2.75, 3.05) is 21.3 Å². The van der Waals surface area contributed by atoms with E-state index in [4.69, 9.17) is 33.2 Å². The van der Waals surface area contributed by atoms with Crippen LogP contribution in [0.15, 0.2) is 78.4 Å². The molecule has 0 amide bonds. The molecule has 1 fully saturated rings. The topological polar surface area (TPSA) is 116 Å². The molecule has 0 aromatic heterocycles. The largest absolute Gasteiger partial charge is 0.497 e. The fourth-order valence-electron chi connectivity index (χ4n) is 5.60. The zero-order valence-corrected chi connectivity index (χ0v) is 28.4. The van der Waals surface area contributed by atoms with Gasteiger partial charge in [0, 0.05) is 31.4 Å². The molecular formula is C37H48O10. The first-order valence-electron chi connectivity index (χ1n) is 15.8. The lowest BCUT2D eigenvalue weighted by atomic mass is 9.74. The molecule has 5 atom stereocenters. The van der Waals surface area contributed by atoms with Crippen molar-refractivity contribution in [3.8, 4) is 5.75 Å². The van der Waals surface area contributed by atoms with Crippen molar-refractivity contribution in [3.05, 3.63) is 89.5 Å². The number of aldehydes is 1. The highest BCUT2D eigenvalue weighted by molar-refractivity contribution is 5.83. The van der Waals surface area contributed by atoms with E-state index in [2.05, 4.69) is 0 Å². The van der Waals surface area contributed by atoms with Crippen LogP contribution in [-0.4, -0.2) is 69.8 Å². The molecule has 0 bridgehead atoms. The van der Waals surface area contributed by atoms with E-state index in [1.807, 2.05) is 75.4 Å². The summed E-state index contributed by atoms with van der Waals surface area (Å²) < 4.78 is 41.9. The molecule has 1 aliphatic rings. The van der Waals surface area contributed by atoms with Gasteiger partial charge in [0.1, 0.15) is 12.0 Å². The molecule has 0 aliphatic carbocycles. The van der Waals surface area contributed by atoms with Crippen molar-refractivity contribution < 1.29 is 47.5 Å². The number of rotatable bonds is 17. The Bertz CT molecular complexity index is 1350. The molecule has 1 aliphatic heterocycles. The minimum atomic E-state index is -1.63. The van der Waals surface area contributed by atoms with E-state index in [-0.39, 0.29) is 18.9 Å². The quantitative estimate of drug-likeness (QED) is 0.116. The summed E-state index contributed by atoms with van der Waals surface area (Å²) in [6.45, 7) is 7.91. The zero-order valence-electron chi connectivity index (χ0n) is 28.4. The van der Waals surface area contributed by atoms with Crippen LogP contribution in [-0.2, 0) is 56.0 Å². The summed E-state index contributed by atoms with van der Waals surface area (Å²) in [6, 6.07) is 17.5. The van der Waals surface area contributed by atoms with E-state index in [1.54, 1.807) is 20.1 Å². The van der Waals surface area contributed by atoms with Gasteiger partial charge in [-0.2, -0.15) is 0 Å². The third-order valence-electron chi connectivity index (χ3n) is 8.32. The van der Waals surface area contributed by atoms with Crippen LogP contribution in [0.25, 0.3) is 0 Å². The maximum Gasteiger partial charge on any atom is 0.330 e. The molecular weight excluding hydrogens is 604 g/mol. The molecule has 0 N–H and O–H groups in total. The molecule has 0 radical (unpaired) electrons. The minimum Gasteiger partial charge on any atom is -0.497 e. The minimum absolute atomic E-state index is 0.0906. The molecule has 3 rings (SSSR count). The second-order valence-corrected chi connectivity index (χ2v) is 11.9. The summed E-state index contributed by atoms with van der Waals surface area (Å²) in [4.78, 5) is 36.7. The van der Waals surface area contributed by atoms with Crippen LogP contribution in [0.5, 0.6) is 5.75 Å². The van der Waals surface area contributed by atoms with Gasteiger partial charge in [-0.25, -0.2) is 4.79 Å². The fraction of sp³-hybridized carbons (Fsp3) is 0.486. The Labute approximate surface area is 278 Å². The highest BCUT2D eigenvalue weighted by Gasteiger charge is 2.59. The summed E-state index contributed by atoms with van der Waals surface area (Å²) in [5.41, 5.74) is 1.40. The Kier molecular flexibility index (Phi) is 14.3. The number of ether oxygens (including phenoxy) is 7. The number of carbonyl (C=O) groups is 3. The van der Waals surface area contributed by atoms with Crippen LogP contribution in [0.2, 0.25) is 0 Å². The fourth-order valence-corrected chi connectivity index (χ4v) is 5.60. The average molecular weight is 653 g/mol. The second kappa shape index (κ2) is 17.9. The van der Waals surface area contributed by atoms with Crippen molar-refractivity contribution in [1.82, 2.24) is 0 Å². The molecule has 0 unspecified atom stereocenters. The van der Waals surface area contributed by atoms with Gasteiger partial charge in [-0.3, -0.25) is 9.59 Å². The van der Waals surface area contributed by atoms with Gasteiger partial charge in [0.15, 0.2) is 6.10 Å². The summed E-state index contributed by atoms with van der Waals surface area (Å²) in [5, 5.41) is 0. The molecule has 47 heavy (non-hydrogen) atoms. The molecule has 256 valence electrons. The molecule has 10 heteroatoms. The summed E-state index contributed by atoms with van der Waals surface area (Å²) >= 11 is 0. The lowest BCUT2D eigenvalue weighted by Gasteiger charge is -2.53. The molecule has 2 aromatic rings. The Hall–Kier alpha value is -3.83. The molecule has 1 heterocycles. The molecule has 1 saturated heterocycles. The number of hydrogen-bond acceptors (Lipinski definition) is 10. The van der Waals surface area contributed by atoms with Crippen LogP contribution < -0.4 is 4.74 Å². The van der Waals surface area contributed by atoms with Gasteiger partial charge < -0.3 is 33.2 Å². The standard InChI is InChI=1S/C37H48O10/c1-8-33(39)46-35-29(22-34(40)42-6)21-31(47-37(35,43-7)36(3,4)19-12-20-38)23-32(26(2)44-24-27-13-10-9-11-14-27)45-25-28-15-17-30(41-5)18-16-28/h9-20,22,26,31-32,35H,8,21,23-25H2,1-7H3/t26-,31+,32-,35+,37-/m1/s1. The van der Waals surface area contributed by atoms with Gasteiger partial charge in [-0.1, -0.05) is 69.3 Å². The first kappa shape index (κ1) is 37.6. The van der Waals surface area contributed by atoms with Crippen molar-refractivity contribution >= 4 is 18.2 Å². The van der Waals surface area contributed by atoms with E-state index < -0.39 is 41.5 Å². The van der Waals surface area contributed by atoms with Crippen molar-refractivity contribution in [2.24, 2.45) is 5.41 Å². The van der Waals surface area contributed by atoms with Gasteiger partial charge in [0.25, 0.3) is 0 Å². The van der Waals surface area contributed by atoms with Crippen LogP contribution in [0.3, 0.4) is 0 Å². The first-order chi connectivity index (χ1) is 22.5. The number of benzene rings is 2. The van der Waals surface area contributed by atoms with Gasteiger partial charge in [-0.15, -0.1) is 0 Å². The summed E-state index contributed by atoms with van der Waals surface area (Å²) in [5.74, 6) is -2.01. The molecule has 2 aromatic carbocycles. The highest BCUT2D eigenvalue weighted by atomic mass is 16.7. The molecule has 0 spiro atoms. The number of allylic oxidation sites excluding steroid dienone is 1. The maximum absolute atomic E-state index is 12.7. The van der Waals surface area contributed by atoms with E-state index in [9.17, 15) is 14.4 Å². The predicted molar refractivity (Wildman–Crippen MR) is 175 cm³/mol. The Morgan fingerprint density at radius 3 is 2.26 bits per heavy atom. The lowest BCUT2D eigenvalue weighted by molar-refractivity contribution is -0.339. The zero-order chi connectivity index (χ0) is 34.5. The number of methoxy groups -OCH3 is 3. The van der Waals surface area contributed by atoms with Crippen LogP contribution in [0.1, 0.15) is 58.1 Å². The van der Waals surface area contributed by atoms with Crippen LogP contribution >= 0.6 is 0 Å². The monoisotopic (exact) mass is 652 g/mol. The number of hydrogen-bond donors (Lipinski definition) is 0. The number of carbonyl (C=O) groups excluding carboxylic acids is 3. The Balaban J connectivity index is 2.01. The van der Waals surface area contributed by atoms with Gasteiger partial charge >= 0.3 is 11.9 Å². The second-order valence-electron chi connectivity index (χ2n) is 11.9. The summed E-state index contributed by atoms with van der Waals surface area (Å²) in [7, 11) is 4.34. The molecule has 0 saturated carbocycles. The highest BCUT2D eigenvalue weighted by Crippen LogP contribution is 2.48. The van der Waals surface area contributed by atoms with Crippen LogP contribution in [0.4, 0.5) is 0 Å². The smallest absolute Gasteiger partial charge is 0.330 e. The first-order valence-corrected chi connectivity index (χ1v) is 15.8.